The summed E-state index contributed by atoms with van der Waals surface area (Å²) in [6, 6.07) is 2.02. The molecule has 0 aromatic carbocycles. The molecule has 0 aliphatic heterocycles. The summed E-state index contributed by atoms with van der Waals surface area (Å²) in [5.74, 6) is 0. The molecule has 0 bridgehead atoms. The fraction of sp³-hybridized carbons (Fsp3) is 0.750. The van der Waals surface area contributed by atoms with Gasteiger partial charge in [0, 0.05) is 11.8 Å². The van der Waals surface area contributed by atoms with Gasteiger partial charge in [0.05, 0.1) is 6.07 Å². The van der Waals surface area contributed by atoms with Crippen LogP contribution in [0.1, 0.15) is 32.6 Å². The third kappa shape index (κ3) is 24.6. The van der Waals surface area contributed by atoms with Crippen LogP contribution >= 0.6 is 15.9 Å². The van der Waals surface area contributed by atoms with Gasteiger partial charge in [-0.2, -0.15) is 5.26 Å². The number of unbranched alkanes of at least 4 members (excludes halogenated alkanes) is 2. The molecule has 59 valence electrons. The molecule has 0 atom stereocenters. The predicted octanol–water partition coefficient (Wildman–Crippen LogP) is 3.31. The lowest BCUT2D eigenvalue weighted by Crippen LogP contribution is -1.64. The Bertz CT molecular complexity index is 73.8. The van der Waals surface area contributed by atoms with Gasteiger partial charge in [0.25, 0.3) is 0 Å². The smallest absolute Gasteiger partial charge is 0.0621 e. The topological polar surface area (TPSA) is 23.8 Å². The first-order valence-electron chi connectivity index (χ1n) is 3.55. The molecule has 0 saturated heterocycles. The standard InChI is InChI=1S/C4H8Br.C4H7N/c2*1-2-3-4-5/h1-4H2;2-3H2,1H3. The highest BCUT2D eigenvalue weighted by Gasteiger charge is 1.70. The van der Waals surface area contributed by atoms with E-state index in [1.807, 2.05) is 13.0 Å². The Morgan fingerprint density at radius 3 is 2.20 bits per heavy atom. The van der Waals surface area contributed by atoms with Crippen LogP contribution in [0.25, 0.3) is 0 Å². The molecule has 1 radical (unpaired) electrons. The molecule has 0 spiro atoms. The molecule has 2 heteroatoms. The molecule has 0 rings (SSSR count). The van der Waals surface area contributed by atoms with Gasteiger partial charge in [0.1, 0.15) is 0 Å². The van der Waals surface area contributed by atoms with Gasteiger partial charge in [-0.15, -0.1) is 0 Å². The zero-order chi connectivity index (χ0) is 8.24. The number of nitrogens with zero attached hydrogens (tertiary/aromatic N) is 1. The van der Waals surface area contributed by atoms with Gasteiger partial charge in [0.2, 0.25) is 0 Å². The molecule has 0 unspecified atom stereocenters. The van der Waals surface area contributed by atoms with Crippen LogP contribution in [0, 0.1) is 18.3 Å². The van der Waals surface area contributed by atoms with Crippen LogP contribution in [0.15, 0.2) is 0 Å². The maximum absolute atomic E-state index is 7.82. The molecule has 0 saturated carbocycles. The van der Waals surface area contributed by atoms with Crippen molar-refractivity contribution in [2.75, 3.05) is 5.33 Å². The third-order valence-electron chi connectivity index (χ3n) is 0.745. The highest BCUT2D eigenvalue weighted by atomic mass is 79.9. The summed E-state index contributed by atoms with van der Waals surface area (Å²) in [4.78, 5) is 0. The van der Waals surface area contributed by atoms with E-state index < -0.39 is 0 Å². The summed E-state index contributed by atoms with van der Waals surface area (Å²) in [6.07, 6.45) is 3.92. The first-order chi connectivity index (χ1) is 4.83. The Hall–Kier alpha value is -0.0300. The zero-order valence-electron chi connectivity index (χ0n) is 6.57. The highest BCUT2D eigenvalue weighted by Crippen LogP contribution is 1.88. The quantitative estimate of drug-likeness (QED) is 0.648. The number of rotatable bonds is 3. The number of hydrogen-bond acceptors (Lipinski definition) is 1. The molecular weight excluding hydrogens is 190 g/mol. The summed E-state index contributed by atoms with van der Waals surface area (Å²) in [6.45, 7) is 5.63. The van der Waals surface area contributed by atoms with Crippen molar-refractivity contribution in [1.29, 1.82) is 5.26 Å². The van der Waals surface area contributed by atoms with E-state index in [0.717, 1.165) is 18.2 Å². The van der Waals surface area contributed by atoms with Crippen LogP contribution in [-0.4, -0.2) is 5.33 Å². The summed E-state index contributed by atoms with van der Waals surface area (Å²) >= 11 is 3.27. The lowest BCUT2D eigenvalue weighted by Gasteiger charge is -1.77. The minimum Gasteiger partial charge on any atom is -0.198 e. The van der Waals surface area contributed by atoms with Gasteiger partial charge < -0.3 is 0 Å². The van der Waals surface area contributed by atoms with Crippen molar-refractivity contribution < 1.29 is 0 Å². The molecule has 1 nitrogen and oxygen atoms in total. The average molecular weight is 205 g/mol. The van der Waals surface area contributed by atoms with Crippen LogP contribution in [0.5, 0.6) is 0 Å². The molecule has 10 heavy (non-hydrogen) atoms. The number of halogens is 1. The maximum Gasteiger partial charge on any atom is 0.0621 e. The van der Waals surface area contributed by atoms with Gasteiger partial charge in [-0.3, -0.25) is 0 Å². The van der Waals surface area contributed by atoms with Crippen LogP contribution in [-0.2, 0) is 0 Å². The summed E-state index contributed by atoms with van der Waals surface area (Å²) in [5.41, 5.74) is 0. The van der Waals surface area contributed by atoms with E-state index in [9.17, 15) is 0 Å². The van der Waals surface area contributed by atoms with E-state index in [4.69, 9.17) is 5.26 Å². The van der Waals surface area contributed by atoms with Crippen LogP contribution < -0.4 is 0 Å². The van der Waals surface area contributed by atoms with Crippen molar-refractivity contribution in [3.05, 3.63) is 6.92 Å². The normalized spacial score (nSPS) is 7.40. The van der Waals surface area contributed by atoms with E-state index in [1.54, 1.807) is 0 Å². The Balaban J connectivity index is 0. The second-order valence-electron chi connectivity index (χ2n) is 1.80. The van der Waals surface area contributed by atoms with E-state index in [2.05, 4.69) is 22.9 Å². The largest absolute Gasteiger partial charge is 0.198 e. The molecule has 0 amide bonds. The van der Waals surface area contributed by atoms with Gasteiger partial charge >= 0.3 is 0 Å². The van der Waals surface area contributed by atoms with E-state index in [0.29, 0.717) is 6.42 Å². The van der Waals surface area contributed by atoms with Gasteiger partial charge in [0.15, 0.2) is 0 Å². The lowest BCUT2D eigenvalue weighted by molar-refractivity contribution is 0.969. The molecule has 0 heterocycles. The molecule has 0 aliphatic carbocycles. The second-order valence-corrected chi connectivity index (χ2v) is 2.60. The Morgan fingerprint density at radius 2 is 2.20 bits per heavy atom. The van der Waals surface area contributed by atoms with Crippen LogP contribution in [0.2, 0.25) is 0 Å². The Morgan fingerprint density at radius 1 is 1.60 bits per heavy atom. The summed E-state index contributed by atoms with van der Waals surface area (Å²) in [5, 5.41) is 8.91. The Kier molecular flexibility index (Phi) is 20.2. The monoisotopic (exact) mass is 204 g/mol. The minimum absolute atomic E-state index is 0.694. The van der Waals surface area contributed by atoms with Crippen molar-refractivity contribution in [2.45, 2.75) is 32.6 Å². The SMILES string of the molecule is CCCC#N.[CH2]CCCBr. The van der Waals surface area contributed by atoms with Crippen molar-refractivity contribution in [3.63, 3.8) is 0 Å². The zero-order valence-corrected chi connectivity index (χ0v) is 8.15. The van der Waals surface area contributed by atoms with Gasteiger partial charge in [-0.1, -0.05) is 36.2 Å². The summed E-state index contributed by atoms with van der Waals surface area (Å²) < 4.78 is 0. The lowest BCUT2D eigenvalue weighted by atomic mass is 10.4. The highest BCUT2D eigenvalue weighted by molar-refractivity contribution is 9.09. The van der Waals surface area contributed by atoms with Crippen molar-refractivity contribution in [2.24, 2.45) is 0 Å². The number of alkyl halides is 1. The van der Waals surface area contributed by atoms with Crippen molar-refractivity contribution in [1.82, 2.24) is 0 Å². The molecule has 0 aromatic rings. The Labute approximate surface area is 72.6 Å². The third-order valence-corrected chi connectivity index (χ3v) is 1.31. The average Bonchev–Trinajstić information content (AvgIpc) is 1.93. The minimum atomic E-state index is 0.694. The van der Waals surface area contributed by atoms with Crippen LogP contribution in [0.4, 0.5) is 0 Å². The first kappa shape index (κ1) is 12.6. The molecule has 0 aliphatic rings. The van der Waals surface area contributed by atoms with Crippen molar-refractivity contribution in [3.8, 4) is 6.07 Å². The summed E-state index contributed by atoms with van der Waals surface area (Å²) in [7, 11) is 0. The van der Waals surface area contributed by atoms with E-state index >= 15 is 0 Å². The van der Waals surface area contributed by atoms with Gasteiger partial charge in [-0.05, 0) is 12.8 Å². The number of hydrogen-bond donors (Lipinski definition) is 0. The van der Waals surface area contributed by atoms with E-state index in [-0.39, 0.29) is 0 Å². The molecular formula is C8H15BrN. The fourth-order valence-corrected chi connectivity index (χ4v) is 0.603. The molecule has 0 aromatic heterocycles. The fourth-order valence-electron chi connectivity index (χ4n) is 0.206. The molecule has 0 fully saturated rings. The second kappa shape index (κ2) is 16.0. The van der Waals surface area contributed by atoms with E-state index in [1.165, 1.54) is 6.42 Å². The molecule has 0 N–H and O–H groups in total. The first-order valence-corrected chi connectivity index (χ1v) is 4.67. The van der Waals surface area contributed by atoms with Crippen molar-refractivity contribution >= 4 is 15.9 Å². The van der Waals surface area contributed by atoms with Crippen LogP contribution in [0.3, 0.4) is 0 Å². The van der Waals surface area contributed by atoms with Gasteiger partial charge in [-0.25, -0.2) is 0 Å². The predicted molar refractivity (Wildman–Crippen MR) is 48.9 cm³/mol. The number of nitriles is 1. The maximum atomic E-state index is 7.82.